The van der Waals surface area contributed by atoms with Gasteiger partial charge in [0.25, 0.3) is 0 Å². The molecule has 0 aliphatic carbocycles. The van der Waals surface area contributed by atoms with E-state index in [9.17, 15) is 22.4 Å². The zero-order valence-electron chi connectivity index (χ0n) is 18.5. The zero-order chi connectivity index (χ0) is 23.9. The molecule has 34 heavy (non-hydrogen) atoms. The first-order valence-corrected chi connectivity index (χ1v) is 12.1. The second-order valence-corrected chi connectivity index (χ2v) is 9.89. The Morgan fingerprint density at radius 2 is 1.76 bits per heavy atom. The van der Waals surface area contributed by atoms with Crippen molar-refractivity contribution in [2.24, 2.45) is 0 Å². The van der Waals surface area contributed by atoms with Crippen LogP contribution in [0.2, 0.25) is 0 Å². The summed E-state index contributed by atoms with van der Waals surface area (Å²) in [6.45, 7) is 5.57. The lowest BCUT2D eigenvalue weighted by atomic mass is 9.96. The molecule has 1 atom stereocenters. The van der Waals surface area contributed by atoms with Crippen molar-refractivity contribution >= 4 is 17.9 Å². The number of alkyl halides is 3. The molecule has 1 unspecified atom stereocenters. The lowest BCUT2D eigenvalue weighted by molar-refractivity contribution is -0.137. The zero-order valence-corrected chi connectivity index (χ0v) is 19.3. The van der Waals surface area contributed by atoms with Gasteiger partial charge in [0.15, 0.2) is 0 Å². The molecular weight excluding hydrogens is 470 g/mol. The summed E-state index contributed by atoms with van der Waals surface area (Å²) >= 11 is 1.28. The predicted molar refractivity (Wildman–Crippen MR) is 119 cm³/mol. The van der Waals surface area contributed by atoms with Crippen molar-refractivity contribution in [2.75, 3.05) is 52.4 Å². The topological polar surface area (TPSA) is 36.0 Å². The number of cyclic esters (lactones) is 1. The third-order valence-corrected chi connectivity index (χ3v) is 7.93. The molecular formula is C24H25F4N3O2S. The third kappa shape index (κ3) is 4.89. The van der Waals surface area contributed by atoms with E-state index in [1.165, 1.54) is 30.0 Å². The number of piperazine rings is 1. The maximum atomic E-state index is 14.2. The first-order chi connectivity index (χ1) is 16.3. The molecule has 0 N–H and O–H groups in total. The van der Waals surface area contributed by atoms with Gasteiger partial charge in [-0.25, -0.2) is 9.18 Å². The molecule has 182 valence electrons. The number of rotatable bonds is 4. The molecule has 2 saturated heterocycles. The number of hydrogen-bond donors (Lipinski definition) is 0. The molecule has 3 aliphatic heterocycles. The van der Waals surface area contributed by atoms with Gasteiger partial charge in [0.1, 0.15) is 12.4 Å². The quantitative estimate of drug-likeness (QED) is 0.577. The van der Waals surface area contributed by atoms with Crippen molar-refractivity contribution in [3.63, 3.8) is 0 Å². The first-order valence-electron chi connectivity index (χ1n) is 11.3. The van der Waals surface area contributed by atoms with Gasteiger partial charge in [-0.15, -0.1) is 0 Å². The van der Waals surface area contributed by atoms with Crippen LogP contribution in [-0.2, 0) is 17.3 Å². The van der Waals surface area contributed by atoms with Gasteiger partial charge in [0.2, 0.25) is 0 Å². The van der Waals surface area contributed by atoms with Crippen LogP contribution >= 0.6 is 11.8 Å². The fourth-order valence-corrected chi connectivity index (χ4v) is 5.97. The number of carbonyl (C=O) groups is 1. The Bertz CT molecular complexity index is 1070. The Morgan fingerprint density at radius 1 is 0.971 bits per heavy atom. The number of hydrogen-bond acceptors (Lipinski definition) is 5. The summed E-state index contributed by atoms with van der Waals surface area (Å²) in [5.41, 5.74) is 0.994. The Morgan fingerprint density at radius 3 is 2.47 bits per heavy atom. The van der Waals surface area contributed by atoms with E-state index < -0.39 is 11.7 Å². The number of benzene rings is 2. The standard InChI is InChI=1S/C24H25F4N3O2S/c25-18-3-4-21-19(15-18)20(13-16-1-2-17(24(26,27)28)14-22(16)34-21)30-8-5-29(6-9-30)7-10-31-11-12-33-23(31)32/h1-4,14-15,20H,5-13H2. The van der Waals surface area contributed by atoms with E-state index in [0.717, 1.165) is 54.8 Å². The van der Waals surface area contributed by atoms with Crippen LogP contribution in [0.15, 0.2) is 46.2 Å². The van der Waals surface area contributed by atoms with E-state index in [1.807, 2.05) is 0 Å². The molecule has 1 amide bonds. The molecule has 2 aromatic carbocycles. The molecule has 10 heteroatoms. The largest absolute Gasteiger partial charge is 0.448 e. The minimum Gasteiger partial charge on any atom is -0.448 e. The number of fused-ring (bicyclic) bond motifs is 2. The van der Waals surface area contributed by atoms with Crippen molar-refractivity contribution in [2.45, 2.75) is 28.4 Å². The molecule has 3 aliphatic rings. The molecule has 5 nitrogen and oxygen atoms in total. The molecule has 5 rings (SSSR count). The van der Waals surface area contributed by atoms with Crippen LogP contribution in [0.5, 0.6) is 0 Å². The number of halogens is 4. The highest BCUT2D eigenvalue weighted by atomic mass is 32.2. The van der Waals surface area contributed by atoms with Crippen molar-refractivity contribution in [1.29, 1.82) is 0 Å². The highest BCUT2D eigenvalue weighted by Gasteiger charge is 2.34. The van der Waals surface area contributed by atoms with Crippen LogP contribution in [0.25, 0.3) is 0 Å². The average Bonchev–Trinajstić information content (AvgIpc) is 3.14. The normalized spacial score (nSPS) is 21.7. The van der Waals surface area contributed by atoms with Gasteiger partial charge in [-0.1, -0.05) is 17.8 Å². The monoisotopic (exact) mass is 495 g/mol. The molecule has 0 bridgehead atoms. The van der Waals surface area contributed by atoms with Crippen LogP contribution < -0.4 is 0 Å². The number of nitrogens with zero attached hydrogens (tertiary/aromatic N) is 3. The Kier molecular flexibility index (Phi) is 6.47. The smallest absolute Gasteiger partial charge is 0.416 e. The Balaban J connectivity index is 1.33. The first kappa shape index (κ1) is 23.4. The highest BCUT2D eigenvalue weighted by Crippen LogP contribution is 2.45. The summed E-state index contributed by atoms with van der Waals surface area (Å²) < 4.78 is 59.1. The van der Waals surface area contributed by atoms with Crippen molar-refractivity contribution in [3.05, 3.63) is 58.9 Å². The van der Waals surface area contributed by atoms with Crippen LogP contribution in [0.3, 0.4) is 0 Å². The van der Waals surface area contributed by atoms with Gasteiger partial charge in [-0.2, -0.15) is 13.2 Å². The summed E-state index contributed by atoms with van der Waals surface area (Å²) in [5, 5.41) is 0. The molecule has 3 heterocycles. The van der Waals surface area contributed by atoms with Crippen molar-refractivity contribution in [1.82, 2.24) is 14.7 Å². The van der Waals surface area contributed by atoms with E-state index >= 15 is 0 Å². The van der Waals surface area contributed by atoms with E-state index in [4.69, 9.17) is 4.74 Å². The average molecular weight is 496 g/mol. The summed E-state index contributed by atoms with van der Waals surface area (Å²) in [6.07, 6.45) is -4.15. The predicted octanol–water partition coefficient (Wildman–Crippen LogP) is 4.66. The second-order valence-electron chi connectivity index (χ2n) is 8.80. The molecule has 2 aromatic rings. The molecule has 2 fully saturated rings. The maximum Gasteiger partial charge on any atom is 0.416 e. The van der Waals surface area contributed by atoms with Crippen molar-refractivity contribution in [3.8, 4) is 0 Å². The Labute approximate surface area is 199 Å². The highest BCUT2D eigenvalue weighted by molar-refractivity contribution is 7.99. The van der Waals surface area contributed by atoms with E-state index in [0.29, 0.717) is 31.0 Å². The Hall–Kier alpha value is -2.30. The summed E-state index contributed by atoms with van der Waals surface area (Å²) in [7, 11) is 0. The van der Waals surface area contributed by atoms with Gasteiger partial charge in [-0.05, 0) is 47.9 Å². The third-order valence-electron chi connectivity index (χ3n) is 6.74. The molecule has 0 spiro atoms. The van der Waals surface area contributed by atoms with E-state index in [2.05, 4.69) is 9.80 Å². The fourth-order valence-electron chi connectivity index (χ4n) is 4.82. The SMILES string of the molecule is O=C1OCCN1CCN1CCN(C2Cc3ccc(C(F)(F)F)cc3Sc3ccc(F)cc32)CC1. The van der Waals surface area contributed by atoms with Gasteiger partial charge in [0.05, 0.1) is 12.1 Å². The van der Waals surface area contributed by atoms with E-state index in [-0.39, 0.29) is 18.0 Å². The van der Waals surface area contributed by atoms with Crippen LogP contribution in [0, 0.1) is 5.82 Å². The van der Waals surface area contributed by atoms with Gasteiger partial charge < -0.3 is 9.64 Å². The lowest BCUT2D eigenvalue weighted by Gasteiger charge is -2.40. The lowest BCUT2D eigenvalue weighted by Crippen LogP contribution is -2.49. The van der Waals surface area contributed by atoms with Gasteiger partial charge in [-0.3, -0.25) is 9.80 Å². The summed E-state index contributed by atoms with van der Waals surface area (Å²) in [5.74, 6) is -0.345. The molecule has 0 saturated carbocycles. The number of carbonyl (C=O) groups excluding carboxylic acids is 1. The maximum absolute atomic E-state index is 14.2. The van der Waals surface area contributed by atoms with Crippen molar-refractivity contribution < 1.29 is 27.1 Å². The van der Waals surface area contributed by atoms with Crippen LogP contribution in [-0.4, -0.2) is 73.2 Å². The number of amides is 1. The summed E-state index contributed by atoms with van der Waals surface area (Å²) in [6, 6.07) is 8.34. The van der Waals surface area contributed by atoms with E-state index in [1.54, 1.807) is 17.0 Å². The van der Waals surface area contributed by atoms with Gasteiger partial charge >= 0.3 is 12.3 Å². The van der Waals surface area contributed by atoms with Gasteiger partial charge in [0, 0.05) is 55.1 Å². The minimum atomic E-state index is -4.41. The van der Waals surface area contributed by atoms with Crippen LogP contribution in [0.1, 0.15) is 22.7 Å². The molecule has 0 radical (unpaired) electrons. The molecule has 0 aromatic heterocycles. The number of ether oxygens (including phenoxy) is 1. The second kappa shape index (κ2) is 9.39. The summed E-state index contributed by atoms with van der Waals surface area (Å²) in [4.78, 5) is 19.3. The minimum absolute atomic E-state index is 0.119. The fraction of sp³-hybridized carbons (Fsp3) is 0.458. The van der Waals surface area contributed by atoms with Crippen LogP contribution in [0.4, 0.5) is 22.4 Å².